The zero-order valence-corrected chi connectivity index (χ0v) is 8.57. The highest BCUT2D eigenvalue weighted by molar-refractivity contribution is 7.12. The zero-order valence-electron chi connectivity index (χ0n) is 7.00. The van der Waals surface area contributed by atoms with E-state index in [0.717, 1.165) is 4.88 Å². The Hall–Kier alpha value is -0.800. The Bertz CT molecular complexity index is 282. The molecular formula is C9H10ClNOS. The Balaban J connectivity index is 2.31. The molecule has 0 radical (unpaired) electrons. The van der Waals surface area contributed by atoms with Gasteiger partial charge >= 0.3 is 0 Å². The van der Waals surface area contributed by atoms with Gasteiger partial charge in [0.1, 0.15) is 0 Å². The molecule has 1 aromatic rings. The van der Waals surface area contributed by atoms with Gasteiger partial charge in [-0.2, -0.15) is 0 Å². The number of nitrogens with one attached hydrogen (secondary N) is 1. The molecule has 0 bridgehead atoms. The minimum atomic E-state index is -0.0331. The molecule has 1 rings (SSSR count). The van der Waals surface area contributed by atoms with Crippen LogP contribution in [-0.4, -0.2) is 18.3 Å². The maximum Gasteiger partial charge on any atom is 0.261 e. The smallest absolute Gasteiger partial charge is 0.261 e. The van der Waals surface area contributed by atoms with Crippen molar-refractivity contribution in [2.75, 3.05) is 12.4 Å². The molecule has 0 aliphatic heterocycles. The van der Waals surface area contributed by atoms with Crippen molar-refractivity contribution in [2.24, 2.45) is 0 Å². The molecule has 70 valence electrons. The van der Waals surface area contributed by atoms with Crippen LogP contribution < -0.4 is 5.32 Å². The lowest BCUT2D eigenvalue weighted by Gasteiger charge is -1.97. The van der Waals surface area contributed by atoms with Crippen molar-refractivity contribution in [3.8, 4) is 0 Å². The number of carbonyl (C=O) groups is 1. The molecule has 4 heteroatoms. The zero-order chi connectivity index (χ0) is 9.52. The first kappa shape index (κ1) is 10.3. The molecule has 2 nitrogen and oxygen atoms in total. The predicted octanol–water partition coefficient (Wildman–Crippen LogP) is 2.27. The first-order chi connectivity index (χ1) is 6.34. The molecule has 0 fully saturated rings. The van der Waals surface area contributed by atoms with E-state index in [9.17, 15) is 4.79 Å². The van der Waals surface area contributed by atoms with Gasteiger partial charge in [-0.25, -0.2) is 0 Å². The van der Waals surface area contributed by atoms with Gasteiger partial charge in [-0.3, -0.25) is 4.79 Å². The van der Waals surface area contributed by atoms with Crippen LogP contribution in [0.2, 0.25) is 0 Å². The summed E-state index contributed by atoms with van der Waals surface area (Å²) in [5.74, 6) is 0.448. The first-order valence-electron chi connectivity index (χ1n) is 3.87. The normalized spacial score (nSPS) is 10.5. The SMILES string of the molecule is O=C(NC/C=C/CCl)c1cccs1. The van der Waals surface area contributed by atoms with Gasteiger partial charge in [0.05, 0.1) is 4.88 Å². The van der Waals surface area contributed by atoms with Gasteiger partial charge in [-0.05, 0) is 11.4 Å². The highest BCUT2D eigenvalue weighted by Crippen LogP contribution is 2.07. The molecule has 0 aromatic carbocycles. The summed E-state index contributed by atoms with van der Waals surface area (Å²) in [5.41, 5.74) is 0. The van der Waals surface area contributed by atoms with Crippen molar-refractivity contribution in [1.82, 2.24) is 5.32 Å². The quantitative estimate of drug-likeness (QED) is 0.606. The Morgan fingerprint density at radius 2 is 2.46 bits per heavy atom. The molecule has 1 aromatic heterocycles. The number of alkyl halides is 1. The van der Waals surface area contributed by atoms with Crippen LogP contribution in [0.4, 0.5) is 0 Å². The van der Waals surface area contributed by atoms with Crippen molar-refractivity contribution in [2.45, 2.75) is 0 Å². The molecule has 0 atom stereocenters. The Morgan fingerprint density at radius 3 is 3.08 bits per heavy atom. The number of amides is 1. The van der Waals surface area contributed by atoms with Crippen LogP contribution >= 0.6 is 22.9 Å². The Labute approximate surface area is 86.2 Å². The van der Waals surface area contributed by atoms with E-state index in [1.807, 2.05) is 17.5 Å². The number of thiophene rings is 1. The summed E-state index contributed by atoms with van der Waals surface area (Å²) in [6, 6.07) is 3.65. The van der Waals surface area contributed by atoms with Gasteiger partial charge < -0.3 is 5.32 Å². The van der Waals surface area contributed by atoms with Gasteiger partial charge in [0.25, 0.3) is 5.91 Å². The topological polar surface area (TPSA) is 29.1 Å². The second-order valence-corrected chi connectivity index (χ2v) is 3.57. The minimum Gasteiger partial charge on any atom is -0.348 e. The summed E-state index contributed by atoms with van der Waals surface area (Å²) in [6.07, 6.45) is 3.63. The number of carbonyl (C=O) groups excluding carboxylic acids is 1. The van der Waals surface area contributed by atoms with E-state index in [1.165, 1.54) is 11.3 Å². The highest BCUT2D eigenvalue weighted by Gasteiger charge is 2.02. The van der Waals surface area contributed by atoms with Crippen molar-refractivity contribution >= 4 is 28.8 Å². The standard InChI is InChI=1S/C9H10ClNOS/c10-5-1-2-6-11-9(12)8-4-3-7-13-8/h1-4,7H,5-6H2,(H,11,12)/b2-1+. The molecule has 0 spiro atoms. The average molecular weight is 216 g/mol. The van der Waals surface area contributed by atoms with Crippen molar-refractivity contribution < 1.29 is 4.79 Å². The minimum absolute atomic E-state index is 0.0331. The fourth-order valence-electron chi connectivity index (χ4n) is 0.793. The van der Waals surface area contributed by atoms with Crippen LogP contribution in [0.5, 0.6) is 0 Å². The summed E-state index contributed by atoms with van der Waals surface area (Å²) in [6.45, 7) is 0.531. The van der Waals surface area contributed by atoms with E-state index >= 15 is 0 Å². The summed E-state index contributed by atoms with van der Waals surface area (Å²) < 4.78 is 0. The lowest BCUT2D eigenvalue weighted by molar-refractivity contribution is 0.0962. The largest absolute Gasteiger partial charge is 0.348 e. The van der Waals surface area contributed by atoms with Crippen LogP contribution in [0.15, 0.2) is 29.7 Å². The molecule has 1 heterocycles. The van der Waals surface area contributed by atoms with Crippen LogP contribution in [-0.2, 0) is 0 Å². The van der Waals surface area contributed by atoms with Crippen LogP contribution in [0, 0.1) is 0 Å². The lowest BCUT2D eigenvalue weighted by Crippen LogP contribution is -2.22. The van der Waals surface area contributed by atoms with E-state index < -0.39 is 0 Å². The van der Waals surface area contributed by atoms with Crippen molar-refractivity contribution in [1.29, 1.82) is 0 Å². The fraction of sp³-hybridized carbons (Fsp3) is 0.222. The summed E-state index contributed by atoms with van der Waals surface area (Å²) >= 11 is 6.85. The van der Waals surface area contributed by atoms with Gasteiger partial charge in [0.15, 0.2) is 0 Å². The predicted molar refractivity (Wildman–Crippen MR) is 56.5 cm³/mol. The number of hydrogen-bond donors (Lipinski definition) is 1. The number of hydrogen-bond acceptors (Lipinski definition) is 2. The summed E-state index contributed by atoms with van der Waals surface area (Å²) in [4.78, 5) is 12.0. The number of rotatable bonds is 4. The van der Waals surface area contributed by atoms with E-state index in [4.69, 9.17) is 11.6 Å². The van der Waals surface area contributed by atoms with Crippen LogP contribution in [0.1, 0.15) is 9.67 Å². The molecule has 0 aliphatic rings. The molecule has 0 aliphatic carbocycles. The average Bonchev–Trinajstić information content (AvgIpc) is 2.65. The van der Waals surface area contributed by atoms with Gasteiger partial charge in [0.2, 0.25) is 0 Å². The number of allylic oxidation sites excluding steroid dienone is 1. The molecular weight excluding hydrogens is 206 g/mol. The van der Waals surface area contributed by atoms with Crippen LogP contribution in [0.3, 0.4) is 0 Å². The first-order valence-corrected chi connectivity index (χ1v) is 5.28. The van der Waals surface area contributed by atoms with E-state index in [1.54, 1.807) is 12.1 Å². The molecule has 0 unspecified atom stereocenters. The number of halogens is 1. The van der Waals surface area contributed by atoms with Gasteiger partial charge in [-0.1, -0.05) is 18.2 Å². The van der Waals surface area contributed by atoms with Crippen LogP contribution in [0.25, 0.3) is 0 Å². The Kier molecular flexibility index (Phi) is 4.57. The van der Waals surface area contributed by atoms with E-state index in [2.05, 4.69) is 5.32 Å². The van der Waals surface area contributed by atoms with Crippen molar-refractivity contribution in [3.63, 3.8) is 0 Å². The second kappa shape index (κ2) is 5.78. The summed E-state index contributed by atoms with van der Waals surface area (Å²) in [5, 5.41) is 4.62. The van der Waals surface area contributed by atoms with E-state index in [-0.39, 0.29) is 5.91 Å². The lowest BCUT2D eigenvalue weighted by atomic mass is 10.4. The maximum atomic E-state index is 11.3. The molecule has 1 amide bonds. The fourth-order valence-corrected chi connectivity index (χ4v) is 1.56. The highest BCUT2D eigenvalue weighted by atomic mass is 35.5. The summed E-state index contributed by atoms with van der Waals surface area (Å²) in [7, 11) is 0. The molecule has 1 N–H and O–H groups in total. The molecule has 13 heavy (non-hydrogen) atoms. The second-order valence-electron chi connectivity index (χ2n) is 2.31. The third-order valence-electron chi connectivity index (χ3n) is 1.38. The Morgan fingerprint density at radius 1 is 1.62 bits per heavy atom. The van der Waals surface area contributed by atoms with Gasteiger partial charge in [-0.15, -0.1) is 22.9 Å². The molecule has 0 saturated heterocycles. The molecule has 0 saturated carbocycles. The van der Waals surface area contributed by atoms with E-state index in [0.29, 0.717) is 12.4 Å². The van der Waals surface area contributed by atoms with Gasteiger partial charge in [0, 0.05) is 12.4 Å². The monoisotopic (exact) mass is 215 g/mol. The third kappa shape index (κ3) is 3.61. The third-order valence-corrected chi connectivity index (χ3v) is 2.43. The van der Waals surface area contributed by atoms with Crippen molar-refractivity contribution in [3.05, 3.63) is 34.5 Å². The maximum absolute atomic E-state index is 11.3.